The lowest BCUT2D eigenvalue weighted by Crippen LogP contribution is -2.36. The van der Waals surface area contributed by atoms with Crippen LogP contribution in [0.5, 0.6) is 0 Å². The molecule has 39 heavy (non-hydrogen) atoms. The molecule has 0 radical (unpaired) electrons. The van der Waals surface area contributed by atoms with Crippen molar-refractivity contribution in [2.45, 2.75) is 70.8 Å². The third-order valence-electron chi connectivity index (χ3n) is 9.00. The molecular formula is C31H41N5O3. The second-order valence-electron chi connectivity index (χ2n) is 11.6. The van der Waals surface area contributed by atoms with Gasteiger partial charge in [0.15, 0.2) is 0 Å². The van der Waals surface area contributed by atoms with Crippen LogP contribution in [0.3, 0.4) is 0 Å². The van der Waals surface area contributed by atoms with Crippen molar-refractivity contribution < 1.29 is 9.59 Å². The maximum Gasteiger partial charge on any atom is 0.260 e. The number of H-pyrrole nitrogens is 1. The molecule has 0 unspecified atom stereocenters. The number of aryl methyl sites for hydroxylation is 1. The number of carbonyl (C=O) groups is 2. The molecule has 2 aromatic heterocycles. The van der Waals surface area contributed by atoms with Crippen molar-refractivity contribution in [2.75, 3.05) is 20.1 Å². The number of rotatable bonds is 11. The number of piperidine rings is 1. The van der Waals surface area contributed by atoms with Crippen LogP contribution in [0.15, 0.2) is 41.3 Å². The van der Waals surface area contributed by atoms with Crippen molar-refractivity contribution in [1.82, 2.24) is 24.8 Å². The summed E-state index contributed by atoms with van der Waals surface area (Å²) in [6.45, 7) is 4.00. The first-order valence-corrected chi connectivity index (χ1v) is 14.5. The van der Waals surface area contributed by atoms with Crippen LogP contribution >= 0.6 is 0 Å². The van der Waals surface area contributed by atoms with Gasteiger partial charge in [0.1, 0.15) is 11.6 Å². The number of hydrogen-bond donors (Lipinski definition) is 2. The molecule has 1 aliphatic carbocycles. The van der Waals surface area contributed by atoms with Crippen LogP contribution in [0.1, 0.15) is 76.6 Å². The number of pyridine rings is 1. The van der Waals surface area contributed by atoms with E-state index in [1.807, 2.05) is 37.3 Å². The van der Waals surface area contributed by atoms with Gasteiger partial charge >= 0.3 is 0 Å². The molecule has 208 valence electrons. The zero-order valence-electron chi connectivity index (χ0n) is 23.5. The fourth-order valence-corrected chi connectivity index (χ4v) is 6.17. The number of imidazole rings is 1. The number of nitrogens with one attached hydrogen (secondary N) is 2. The molecule has 1 saturated heterocycles. The molecule has 1 spiro atoms. The number of aromatic amines is 1. The summed E-state index contributed by atoms with van der Waals surface area (Å²) < 4.78 is 1.66. The lowest BCUT2D eigenvalue weighted by Gasteiger charge is -2.30. The van der Waals surface area contributed by atoms with Crippen molar-refractivity contribution >= 4 is 22.6 Å². The highest BCUT2D eigenvalue weighted by Crippen LogP contribution is 2.59. The third-order valence-corrected chi connectivity index (χ3v) is 9.00. The smallest absolute Gasteiger partial charge is 0.260 e. The fraction of sp³-hybridized carbons (Fsp3) is 0.548. The van der Waals surface area contributed by atoms with Crippen molar-refractivity contribution in [3.8, 4) is 11.3 Å². The summed E-state index contributed by atoms with van der Waals surface area (Å²) >= 11 is 0. The summed E-state index contributed by atoms with van der Waals surface area (Å²) in [7, 11) is 3.93. The number of ketones is 1. The van der Waals surface area contributed by atoms with Gasteiger partial charge in [0, 0.05) is 25.8 Å². The highest BCUT2D eigenvalue weighted by atomic mass is 16.2. The SMILES string of the molecule is CCC(=O)CCCCC[C@H](NC(=O)[C@H]1CC12CCN(C)CC2)c1ncc(-c2cc3ccccc3n(C)c2=O)[nH]1. The molecule has 2 atom stereocenters. The van der Waals surface area contributed by atoms with Crippen molar-refractivity contribution in [3.05, 3.63) is 52.7 Å². The van der Waals surface area contributed by atoms with E-state index in [0.717, 1.165) is 68.9 Å². The molecule has 8 heteroatoms. The Balaban J connectivity index is 1.33. The number of benzene rings is 1. The van der Waals surface area contributed by atoms with Crippen LogP contribution in [-0.2, 0) is 16.6 Å². The highest BCUT2D eigenvalue weighted by molar-refractivity contribution is 5.84. The number of aromatic nitrogens is 3. The Morgan fingerprint density at radius 3 is 2.69 bits per heavy atom. The largest absolute Gasteiger partial charge is 0.346 e. The monoisotopic (exact) mass is 531 g/mol. The summed E-state index contributed by atoms with van der Waals surface area (Å²) in [6, 6.07) is 9.47. The van der Waals surface area contributed by atoms with Gasteiger partial charge in [0.25, 0.3) is 5.56 Å². The van der Waals surface area contributed by atoms with Gasteiger partial charge in [0.2, 0.25) is 5.91 Å². The van der Waals surface area contributed by atoms with Gasteiger partial charge in [-0.15, -0.1) is 0 Å². The average molecular weight is 532 g/mol. The Labute approximate surface area is 230 Å². The van der Waals surface area contributed by atoms with Crippen molar-refractivity contribution in [2.24, 2.45) is 18.4 Å². The minimum Gasteiger partial charge on any atom is -0.346 e. The molecule has 5 rings (SSSR count). The molecule has 2 fully saturated rings. The molecule has 2 aliphatic rings. The maximum absolute atomic E-state index is 13.4. The van der Waals surface area contributed by atoms with Gasteiger partial charge in [-0.05, 0) is 75.2 Å². The molecule has 1 aromatic carbocycles. The Hall–Kier alpha value is -3.26. The van der Waals surface area contributed by atoms with Crippen LogP contribution in [-0.4, -0.2) is 51.3 Å². The number of amides is 1. The van der Waals surface area contributed by atoms with E-state index in [1.165, 1.54) is 0 Å². The van der Waals surface area contributed by atoms with Crippen molar-refractivity contribution in [1.29, 1.82) is 0 Å². The van der Waals surface area contributed by atoms with Gasteiger partial charge in [-0.2, -0.15) is 0 Å². The molecular weight excluding hydrogens is 490 g/mol. The van der Waals surface area contributed by atoms with E-state index in [0.29, 0.717) is 35.7 Å². The normalized spacial score (nSPS) is 19.3. The molecule has 3 aromatic rings. The lowest BCUT2D eigenvalue weighted by molar-refractivity contribution is -0.124. The molecule has 1 aliphatic heterocycles. The molecule has 2 N–H and O–H groups in total. The minimum atomic E-state index is -0.263. The van der Waals surface area contributed by atoms with E-state index < -0.39 is 0 Å². The summed E-state index contributed by atoms with van der Waals surface area (Å²) in [6.07, 6.45) is 9.43. The zero-order chi connectivity index (χ0) is 27.6. The van der Waals surface area contributed by atoms with E-state index in [4.69, 9.17) is 0 Å². The summed E-state index contributed by atoms with van der Waals surface area (Å²) in [5.41, 5.74) is 2.16. The first kappa shape index (κ1) is 27.3. The predicted octanol–water partition coefficient (Wildman–Crippen LogP) is 4.75. The van der Waals surface area contributed by atoms with Gasteiger partial charge in [-0.1, -0.05) is 38.0 Å². The Bertz CT molecular complexity index is 1400. The van der Waals surface area contributed by atoms with E-state index in [2.05, 4.69) is 27.2 Å². The number of hydrogen-bond acceptors (Lipinski definition) is 5. The number of unbranched alkanes of at least 4 members (excludes halogenated alkanes) is 2. The maximum atomic E-state index is 13.4. The van der Waals surface area contributed by atoms with Crippen LogP contribution < -0.4 is 10.9 Å². The number of fused-ring (bicyclic) bond motifs is 1. The summed E-state index contributed by atoms with van der Waals surface area (Å²) in [5, 5.41) is 4.29. The number of likely N-dealkylation sites (tertiary alicyclic amines) is 1. The number of para-hydroxylation sites is 1. The van der Waals surface area contributed by atoms with E-state index in [-0.39, 0.29) is 28.8 Å². The van der Waals surface area contributed by atoms with Crippen LogP contribution in [0.4, 0.5) is 0 Å². The van der Waals surface area contributed by atoms with Gasteiger partial charge in [-0.25, -0.2) is 4.98 Å². The first-order valence-electron chi connectivity index (χ1n) is 14.5. The van der Waals surface area contributed by atoms with Gasteiger partial charge in [-0.3, -0.25) is 14.4 Å². The number of nitrogens with zero attached hydrogens (tertiary/aromatic N) is 3. The van der Waals surface area contributed by atoms with Crippen LogP contribution in [0, 0.1) is 11.3 Å². The average Bonchev–Trinajstić information content (AvgIpc) is 3.43. The van der Waals surface area contributed by atoms with E-state index in [9.17, 15) is 14.4 Å². The number of carbonyl (C=O) groups excluding carboxylic acids is 2. The van der Waals surface area contributed by atoms with Crippen LogP contribution in [0.25, 0.3) is 22.2 Å². The highest BCUT2D eigenvalue weighted by Gasteiger charge is 2.58. The molecule has 0 bridgehead atoms. The molecule has 3 heterocycles. The third kappa shape index (κ3) is 5.86. The Kier molecular flexibility index (Phi) is 8.03. The van der Waals surface area contributed by atoms with Gasteiger partial charge in [0.05, 0.1) is 29.0 Å². The summed E-state index contributed by atoms with van der Waals surface area (Å²) in [4.78, 5) is 48.6. The molecule has 1 saturated carbocycles. The minimum absolute atomic E-state index is 0.0677. The topological polar surface area (TPSA) is 100 Å². The Morgan fingerprint density at radius 1 is 1.15 bits per heavy atom. The second kappa shape index (κ2) is 11.5. The number of Topliss-reactive ketones (excluding diaryl/α,β-unsaturated/α-hetero) is 1. The van der Waals surface area contributed by atoms with Crippen molar-refractivity contribution in [3.63, 3.8) is 0 Å². The fourth-order valence-electron chi connectivity index (χ4n) is 6.17. The van der Waals surface area contributed by atoms with E-state index >= 15 is 0 Å². The molecule has 8 nitrogen and oxygen atoms in total. The second-order valence-corrected chi connectivity index (χ2v) is 11.6. The van der Waals surface area contributed by atoms with E-state index in [1.54, 1.807) is 17.8 Å². The van der Waals surface area contributed by atoms with Gasteiger partial charge < -0.3 is 19.8 Å². The first-order chi connectivity index (χ1) is 18.8. The quantitative estimate of drug-likeness (QED) is 0.348. The molecule has 1 amide bonds. The van der Waals surface area contributed by atoms with Crippen LogP contribution in [0.2, 0.25) is 0 Å². The standard InChI is InChI=1S/C31H41N5O3/c1-4-22(37)11-6-5-7-12-25(34-29(38)24-19-31(24)14-16-35(2)17-15-31)28-32-20-26(33-28)23-18-21-10-8-9-13-27(21)36(3)30(23)39/h8-10,13,18,20,24-25H,4-7,11-12,14-17,19H2,1-3H3,(H,32,33)(H,34,38)/t24-,25+/m1/s1. The lowest BCUT2D eigenvalue weighted by atomic mass is 9.91. The summed E-state index contributed by atoms with van der Waals surface area (Å²) in [5.74, 6) is 1.16. The predicted molar refractivity (Wildman–Crippen MR) is 153 cm³/mol. The Morgan fingerprint density at radius 2 is 1.92 bits per heavy atom. The zero-order valence-corrected chi connectivity index (χ0v) is 23.5.